The van der Waals surface area contributed by atoms with Crippen LogP contribution >= 0.6 is 0 Å². The summed E-state index contributed by atoms with van der Waals surface area (Å²) in [5, 5.41) is 3.16. The summed E-state index contributed by atoms with van der Waals surface area (Å²) in [5.74, 6) is 0. The molecule has 0 spiro atoms. The van der Waals surface area contributed by atoms with Crippen molar-refractivity contribution in [2.75, 3.05) is 7.05 Å². The summed E-state index contributed by atoms with van der Waals surface area (Å²) in [5.41, 5.74) is 1.27. The molecule has 1 radical (unpaired) electrons. The predicted octanol–water partition coefficient (Wildman–Crippen LogP) is 1.81. The third-order valence-corrected chi connectivity index (χ3v) is 1.59. The van der Waals surface area contributed by atoms with E-state index in [9.17, 15) is 0 Å². The molecule has 0 aliphatic heterocycles. The van der Waals surface area contributed by atoms with Crippen LogP contribution in [0.5, 0.6) is 0 Å². The second kappa shape index (κ2) is 6.23. The van der Waals surface area contributed by atoms with Gasteiger partial charge in [0.05, 0.1) is 0 Å². The van der Waals surface area contributed by atoms with E-state index in [0.29, 0.717) is 6.04 Å². The third-order valence-electron chi connectivity index (χ3n) is 1.59. The van der Waals surface area contributed by atoms with E-state index in [0.717, 1.165) is 0 Å². The molecular formula is C9H17BN. The fourth-order valence-corrected chi connectivity index (χ4v) is 0.812. The molecule has 0 aliphatic carbocycles. The molecule has 11 heavy (non-hydrogen) atoms. The minimum Gasteiger partial charge on any atom is -0.314 e. The summed E-state index contributed by atoms with van der Waals surface area (Å²) < 4.78 is 0. The van der Waals surface area contributed by atoms with Gasteiger partial charge in [-0.25, -0.2) is 0 Å². The van der Waals surface area contributed by atoms with Crippen LogP contribution in [0.4, 0.5) is 0 Å². The molecule has 1 atom stereocenters. The first-order chi connectivity index (χ1) is 5.24. The SMILES string of the molecule is C[B]C(/C=C\C)=C/C(C)NC. The summed E-state index contributed by atoms with van der Waals surface area (Å²) >= 11 is 0. The van der Waals surface area contributed by atoms with Crippen LogP contribution in [-0.2, 0) is 0 Å². The Morgan fingerprint density at radius 3 is 2.55 bits per heavy atom. The highest BCUT2D eigenvalue weighted by molar-refractivity contribution is 6.44. The number of nitrogens with one attached hydrogen (secondary N) is 1. The summed E-state index contributed by atoms with van der Waals surface area (Å²) in [7, 11) is 4.07. The second-order valence-corrected chi connectivity index (χ2v) is 2.53. The number of hydrogen-bond acceptors (Lipinski definition) is 1. The molecule has 61 valence electrons. The maximum absolute atomic E-state index is 3.16. The number of likely N-dealkylation sites (N-methyl/N-ethyl adjacent to an activating group) is 1. The van der Waals surface area contributed by atoms with E-state index in [1.54, 1.807) is 0 Å². The van der Waals surface area contributed by atoms with Crippen LogP contribution in [0.25, 0.3) is 0 Å². The molecule has 0 amide bonds. The molecule has 0 saturated heterocycles. The average Bonchev–Trinajstić information content (AvgIpc) is 2.03. The Bertz CT molecular complexity index is 150. The van der Waals surface area contributed by atoms with Crippen LogP contribution in [0, 0.1) is 0 Å². The first-order valence-electron chi connectivity index (χ1n) is 4.05. The van der Waals surface area contributed by atoms with Crippen molar-refractivity contribution in [1.82, 2.24) is 5.32 Å². The van der Waals surface area contributed by atoms with Crippen LogP contribution in [-0.4, -0.2) is 20.4 Å². The van der Waals surface area contributed by atoms with Crippen molar-refractivity contribution >= 4 is 7.28 Å². The van der Waals surface area contributed by atoms with Crippen LogP contribution < -0.4 is 5.32 Å². The molecule has 0 aromatic heterocycles. The molecule has 0 heterocycles. The van der Waals surface area contributed by atoms with Gasteiger partial charge < -0.3 is 5.32 Å². The standard InChI is InChI=1S/C9H17BN/c1-5-6-9(10-3)7-8(2)11-4/h5-8,11H,1-4H3/b6-5-,9-7+. The smallest absolute Gasteiger partial charge is 0.147 e. The molecule has 0 aromatic carbocycles. The van der Waals surface area contributed by atoms with Crippen molar-refractivity contribution in [3.8, 4) is 0 Å². The zero-order valence-electron chi connectivity index (χ0n) is 7.89. The lowest BCUT2D eigenvalue weighted by Crippen LogP contribution is -2.19. The highest BCUT2D eigenvalue weighted by atomic mass is 14.8. The van der Waals surface area contributed by atoms with E-state index in [1.807, 2.05) is 26.9 Å². The molecule has 2 heteroatoms. The van der Waals surface area contributed by atoms with E-state index < -0.39 is 0 Å². The van der Waals surface area contributed by atoms with Gasteiger partial charge in [0.25, 0.3) is 0 Å². The molecule has 0 fully saturated rings. The summed E-state index contributed by atoms with van der Waals surface area (Å²) in [6.07, 6.45) is 6.35. The average molecular weight is 150 g/mol. The molecular weight excluding hydrogens is 133 g/mol. The Balaban J connectivity index is 4.10. The number of rotatable bonds is 4. The lowest BCUT2D eigenvalue weighted by Gasteiger charge is -2.05. The summed E-state index contributed by atoms with van der Waals surface area (Å²) in [6.45, 7) is 6.21. The molecule has 0 bridgehead atoms. The van der Waals surface area contributed by atoms with Gasteiger partial charge in [-0.05, 0) is 20.9 Å². The Morgan fingerprint density at radius 1 is 1.55 bits per heavy atom. The predicted molar refractivity (Wildman–Crippen MR) is 53.0 cm³/mol. The van der Waals surface area contributed by atoms with Crippen molar-refractivity contribution in [3.63, 3.8) is 0 Å². The van der Waals surface area contributed by atoms with Crippen LogP contribution in [0.1, 0.15) is 13.8 Å². The lowest BCUT2D eigenvalue weighted by molar-refractivity contribution is 0.728. The Labute approximate surface area is 70.8 Å². The molecule has 1 nitrogen and oxygen atoms in total. The molecule has 0 aliphatic rings. The van der Waals surface area contributed by atoms with Gasteiger partial charge in [0.1, 0.15) is 7.28 Å². The summed E-state index contributed by atoms with van der Waals surface area (Å²) in [6, 6.07) is 0.442. The molecule has 0 rings (SSSR count). The highest BCUT2D eigenvalue weighted by Crippen LogP contribution is 1.97. The van der Waals surface area contributed by atoms with E-state index in [1.165, 1.54) is 5.47 Å². The Hall–Kier alpha value is -0.495. The van der Waals surface area contributed by atoms with Crippen LogP contribution in [0.15, 0.2) is 23.7 Å². The van der Waals surface area contributed by atoms with E-state index in [-0.39, 0.29) is 0 Å². The van der Waals surface area contributed by atoms with Crippen molar-refractivity contribution in [3.05, 3.63) is 23.7 Å². The largest absolute Gasteiger partial charge is 0.314 e. The number of allylic oxidation sites excluding steroid dienone is 3. The zero-order chi connectivity index (χ0) is 8.69. The molecule has 1 unspecified atom stereocenters. The van der Waals surface area contributed by atoms with Crippen molar-refractivity contribution in [1.29, 1.82) is 0 Å². The van der Waals surface area contributed by atoms with Crippen molar-refractivity contribution in [2.45, 2.75) is 26.7 Å². The molecule has 1 N–H and O–H groups in total. The molecule has 0 saturated carbocycles. The van der Waals surface area contributed by atoms with Gasteiger partial charge in [0.15, 0.2) is 0 Å². The summed E-state index contributed by atoms with van der Waals surface area (Å²) in [4.78, 5) is 0. The van der Waals surface area contributed by atoms with Crippen LogP contribution in [0.2, 0.25) is 6.82 Å². The first kappa shape index (κ1) is 10.5. The van der Waals surface area contributed by atoms with Gasteiger partial charge >= 0.3 is 0 Å². The second-order valence-electron chi connectivity index (χ2n) is 2.53. The monoisotopic (exact) mass is 150 g/mol. The minimum atomic E-state index is 0.442. The van der Waals surface area contributed by atoms with Gasteiger partial charge in [-0.15, -0.1) is 0 Å². The Kier molecular flexibility index (Phi) is 5.95. The zero-order valence-corrected chi connectivity index (χ0v) is 7.89. The van der Waals surface area contributed by atoms with Crippen molar-refractivity contribution < 1.29 is 0 Å². The van der Waals surface area contributed by atoms with E-state index in [2.05, 4.69) is 31.7 Å². The van der Waals surface area contributed by atoms with Gasteiger partial charge in [-0.2, -0.15) is 0 Å². The quantitative estimate of drug-likeness (QED) is 0.476. The van der Waals surface area contributed by atoms with Gasteiger partial charge in [-0.1, -0.05) is 30.5 Å². The highest BCUT2D eigenvalue weighted by Gasteiger charge is 1.93. The normalized spacial score (nSPS) is 15.5. The third kappa shape index (κ3) is 4.85. The number of hydrogen-bond donors (Lipinski definition) is 1. The van der Waals surface area contributed by atoms with Gasteiger partial charge in [0, 0.05) is 6.04 Å². The fourth-order valence-electron chi connectivity index (χ4n) is 0.812. The maximum Gasteiger partial charge on any atom is 0.147 e. The van der Waals surface area contributed by atoms with Gasteiger partial charge in [-0.3, -0.25) is 0 Å². The Morgan fingerprint density at radius 2 is 2.18 bits per heavy atom. The van der Waals surface area contributed by atoms with Gasteiger partial charge in [0.2, 0.25) is 0 Å². The van der Waals surface area contributed by atoms with Crippen LogP contribution in [0.3, 0.4) is 0 Å². The lowest BCUT2D eigenvalue weighted by atomic mass is 9.71. The van der Waals surface area contributed by atoms with E-state index >= 15 is 0 Å². The van der Waals surface area contributed by atoms with Crippen molar-refractivity contribution in [2.24, 2.45) is 0 Å². The fraction of sp³-hybridized carbons (Fsp3) is 0.556. The molecule has 0 aromatic rings. The minimum absolute atomic E-state index is 0.442. The topological polar surface area (TPSA) is 12.0 Å². The first-order valence-corrected chi connectivity index (χ1v) is 4.05. The maximum atomic E-state index is 3.16. The van der Waals surface area contributed by atoms with E-state index in [4.69, 9.17) is 0 Å².